The molecule has 1 saturated carbocycles. The predicted octanol–water partition coefficient (Wildman–Crippen LogP) is 5.09. The van der Waals surface area contributed by atoms with Gasteiger partial charge in [-0.2, -0.15) is 8.78 Å². The first-order chi connectivity index (χ1) is 18.2. The van der Waals surface area contributed by atoms with Crippen molar-refractivity contribution in [1.29, 1.82) is 0 Å². The number of hydrogen-bond acceptors (Lipinski definition) is 5. The van der Waals surface area contributed by atoms with Crippen molar-refractivity contribution in [3.8, 4) is 5.75 Å². The second kappa shape index (κ2) is 10.8. The SMILES string of the molecule is O=C(NS(=O)(=O)C(F)F)c1cc(C2CC2)c(OCC2CN(C(c3ccccc3)c3ccccc3)C2)cc1F. The van der Waals surface area contributed by atoms with Gasteiger partial charge < -0.3 is 4.74 Å². The fourth-order valence-electron chi connectivity index (χ4n) is 4.83. The van der Waals surface area contributed by atoms with Gasteiger partial charge in [-0.05, 0) is 41.5 Å². The fraction of sp³-hybridized carbons (Fsp3) is 0.321. The number of halogens is 3. The lowest BCUT2D eigenvalue weighted by molar-refractivity contribution is 0.0375. The number of nitrogens with zero attached hydrogens (tertiary/aromatic N) is 1. The van der Waals surface area contributed by atoms with Crippen LogP contribution in [0.4, 0.5) is 13.2 Å². The van der Waals surface area contributed by atoms with E-state index in [9.17, 15) is 26.4 Å². The standard InChI is InChI=1S/C28H27F3N2O4S/c29-24-14-25(22(19-11-12-19)13-23(24)27(34)32-38(35,36)28(30)31)37-17-18-15-33(16-18)26(20-7-3-1-4-8-20)21-9-5-2-6-10-21/h1-10,13-14,18-19,26,28H,11-12,15-17H2,(H,32,34). The van der Waals surface area contributed by atoms with Gasteiger partial charge in [0.15, 0.2) is 0 Å². The molecule has 2 fully saturated rings. The quantitative estimate of drug-likeness (QED) is 0.385. The van der Waals surface area contributed by atoms with Crippen LogP contribution in [0.25, 0.3) is 0 Å². The van der Waals surface area contributed by atoms with E-state index >= 15 is 0 Å². The summed E-state index contributed by atoms with van der Waals surface area (Å²) in [5.41, 5.74) is 2.36. The minimum atomic E-state index is -5.20. The van der Waals surface area contributed by atoms with Crippen molar-refractivity contribution < 1.29 is 31.1 Å². The molecule has 1 aliphatic heterocycles. The van der Waals surface area contributed by atoms with E-state index in [1.165, 1.54) is 21.9 Å². The first-order valence-corrected chi connectivity index (χ1v) is 13.9. The average molecular weight is 545 g/mol. The van der Waals surface area contributed by atoms with Crippen LogP contribution in [-0.4, -0.2) is 44.7 Å². The van der Waals surface area contributed by atoms with E-state index in [2.05, 4.69) is 29.2 Å². The molecule has 0 radical (unpaired) electrons. The van der Waals surface area contributed by atoms with Gasteiger partial charge in [-0.1, -0.05) is 60.7 Å². The Bertz CT molecular complexity index is 1350. The van der Waals surface area contributed by atoms with Crippen molar-refractivity contribution in [2.45, 2.75) is 30.6 Å². The largest absolute Gasteiger partial charge is 0.493 e. The first-order valence-electron chi connectivity index (χ1n) is 12.4. The molecule has 1 saturated heterocycles. The molecular weight excluding hydrogens is 517 g/mol. The third kappa shape index (κ3) is 5.71. The maximum Gasteiger partial charge on any atom is 0.355 e. The summed E-state index contributed by atoms with van der Waals surface area (Å²) in [6.07, 6.45) is 1.62. The van der Waals surface area contributed by atoms with Crippen molar-refractivity contribution in [2.24, 2.45) is 5.92 Å². The van der Waals surface area contributed by atoms with Crippen LogP contribution in [-0.2, 0) is 10.0 Å². The molecule has 3 aromatic carbocycles. The smallest absolute Gasteiger partial charge is 0.355 e. The van der Waals surface area contributed by atoms with Crippen LogP contribution in [0.1, 0.15) is 51.8 Å². The molecule has 0 atom stereocenters. The maximum atomic E-state index is 14.8. The minimum absolute atomic E-state index is 0.0438. The highest BCUT2D eigenvalue weighted by Gasteiger charge is 2.36. The van der Waals surface area contributed by atoms with Crippen molar-refractivity contribution in [3.05, 3.63) is 101 Å². The van der Waals surface area contributed by atoms with Crippen LogP contribution in [0.3, 0.4) is 0 Å². The van der Waals surface area contributed by atoms with Crippen LogP contribution < -0.4 is 9.46 Å². The lowest BCUT2D eigenvalue weighted by Crippen LogP contribution is -2.51. The van der Waals surface area contributed by atoms with Gasteiger partial charge in [0.2, 0.25) is 0 Å². The number of rotatable bonds is 10. The van der Waals surface area contributed by atoms with Gasteiger partial charge in [0, 0.05) is 25.1 Å². The molecule has 1 heterocycles. The van der Waals surface area contributed by atoms with Crippen molar-refractivity contribution >= 4 is 15.9 Å². The summed E-state index contributed by atoms with van der Waals surface area (Å²) in [6, 6.07) is 22.9. The summed E-state index contributed by atoms with van der Waals surface area (Å²) in [6.45, 7) is 1.90. The first kappa shape index (κ1) is 26.2. The van der Waals surface area contributed by atoms with Crippen LogP contribution in [0.15, 0.2) is 72.8 Å². The summed E-state index contributed by atoms with van der Waals surface area (Å²) >= 11 is 0. The molecular formula is C28H27F3N2O4S. The molecule has 1 amide bonds. The van der Waals surface area contributed by atoms with Crippen molar-refractivity contribution in [1.82, 2.24) is 9.62 Å². The molecule has 0 unspecified atom stereocenters. The summed E-state index contributed by atoms with van der Waals surface area (Å²) in [5.74, 6) is -5.72. The van der Waals surface area contributed by atoms with Gasteiger partial charge in [-0.3, -0.25) is 9.69 Å². The monoisotopic (exact) mass is 544 g/mol. The zero-order valence-corrected chi connectivity index (χ0v) is 21.2. The number of likely N-dealkylation sites (tertiary alicyclic amines) is 1. The molecule has 0 bridgehead atoms. The number of amides is 1. The average Bonchev–Trinajstić information content (AvgIpc) is 3.71. The second-order valence-electron chi connectivity index (χ2n) is 9.74. The second-order valence-corrected chi connectivity index (χ2v) is 11.4. The Balaban J connectivity index is 1.26. The van der Waals surface area contributed by atoms with Gasteiger partial charge in [0.05, 0.1) is 18.2 Å². The van der Waals surface area contributed by atoms with Crippen molar-refractivity contribution in [2.75, 3.05) is 19.7 Å². The maximum absolute atomic E-state index is 14.8. The molecule has 10 heteroatoms. The highest BCUT2D eigenvalue weighted by atomic mass is 32.2. The Labute approximate surface area is 219 Å². The number of sulfonamides is 1. The number of nitrogens with one attached hydrogen (secondary N) is 1. The Morgan fingerprint density at radius 3 is 2.08 bits per heavy atom. The highest BCUT2D eigenvalue weighted by Crippen LogP contribution is 2.45. The van der Waals surface area contributed by atoms with E-state index in [-0.39, 0.29) is 17.9 Å². The Morgan fingerprint density at radius 1 is 0.974 bits per heavy atom. The Kier molecular flexibility index (Phi) is 7.45. The number of ether oxygens (including phenoxy) is 1. The lowest BCUT2D eigenvalue weighted by atomic mass is 9.90. The van der Waals surface area contributed by atoms with Gasteiger partial charge in [-0.25, -0.2) is 17.5 Å². The van der Waals surface area contributed by atoms with Gasteiger partial charge in [0.25, 0.3) is 15.9 Å². The van der Waals surface area contributed by atoms with E-state index in [1.54, 1.807) is 0 Å². The third-order valence-electron chi connectivity index (χ3n) is 6.89. The molecule has 200 valence electrons. The van der Waals surface area contributed by atoms with Crippen LogP contribution >= 0.6 is 0 Å². The molecule has 5 rings (SSSR count). The van der Waals surface area contributed by atoms with Crippen LogP contribution in [0.5, 0.6) is 5.75 Å². The molecule has 1 N–H and O–H groups in total. The van der Waals surface area contributed by atoms with Gasteiger partial charge in [0.1, 0.15) is 11.6 Å². The summed E-state index contributed by atoms with van der Waals surface area (Å²) in [7, 11) is -5.20. The Morgan fingerprint density at radius 2 is 1.55 bits per heavy atom. The summed E-state index contributed by atoms with van der Waals surface area (Å²) < 4.78 is 70.0. The summed E-state index contributed by atoms with van der Waals surface area (Å²) in [4.78, 5) is 14.6. The highest BCUT2D eigenvalue weighted by molar-refractivity contribution is 7.90. The minimum Gasteiger partial charge on any atom is -0.493 e. The molecule has 1 aliphatic carbocycles. The van der Waals surface area contributed by atoms with Crippen LogP contribution in [0, 0.1) is 11.7 Å². The van der Waals surface area contributed by atoms with E-state index in [0.717, 1.165) is 32.0 Å². The molecule has 3 aromatic rings. The molecule has 0 aromatic heterocycles. The predicted molar refractivity (Wildman–Crippen MR) is 136 cm³/mol. The van der Waals surface area contributed by atoms with Crippen molar-refractivity contribution in [3.63, 3.8) is 0 Å². The number of alkyl halides is 2. The third-order valence-corrected chi connectivity index (χ3v) is 7.83. The summed E-state index contributed by atoms with van der Waals surface area (Å²) in [5, 5.41) is 0. The number of hydrogen-bond donors (Lipinski definition) is 1. The fourth-order valence-corrected chi connectivity index (χ4v) is 5.29. The topological polar surface area (TPSA) is 75.7 Å². The lowest BCUT2D eigenvalue weighted by Gasteiger charge is -2.44. The normalized spacial score (nSPS) is 16.4. The van der Waals surface area contributed by atoms with Crippen LogP contribution in [0.2, 0.25) is 0 Å². The zero-order chi connectivity index (χ0) is 26.9. The molecule has 2 aliphatic rings. The molecule has 0 spiro atoms. The van der Waals surface area contributed by atoms with E-state index in [4.69, 9.17) is 4.74 Å². The zero-order valence-electron chi connectivity index (χ0n) is 20.4. The van der Waals surface area contributed by atoms with Gasteiger partial charge in [-0.15, -0.1) is 0 Å². The Hall–Kier alpha value is -3.37. The number of carbonyl (C=O) groups excluding carboxylic acids is 1. The van der Waals surface area contributed by atoms with E-state index < -0.39 is 33.1 Å². The van der Waals surface area contributed by atoms with E-state index in [1.807, 2.05) is 36.4 Å². The number of benzene rings is 3. The van der Waals surface area contributed by atoms with Gasteiger partial charge >= 0.3 is 5.76 Å². The molecule has 38 heavy (non-hydrogen) atoms. The molecule has 6 nitrogen and oxygen atoms in total. The number of carbonyl (C=O) groups is 1. The van der Waals surface area contributed by atoms with E-state index in [0.29, 0.717) is 17.9 Å².